The number of fused-ring (bicyclic) bond motifs is 1. The summed E-state index contributed by atoms with van der Waals surface area (Å²) in [6.45, 7) is 1.46. The minimum absolute atomic E-state index is 0.128. The van der Waals surface area contributed by atoms with Crippen molar-refractivity contribution in [1.29, 1.82) is 0 Å². The molecule has 0 saturated carbocycles. The highest BCUT2D eigenvalue weighted by Gasteiger charge is 2.30. The van der Waals surface area contributed by atoms with E-state index in [1.165, 1.54) is 4.90 Å². The van der Waals surface area contributed by atoms with Crippen molar-refractivity contribution in [2.75, 3.05) is 33.8 Å². The Labute approximate surface area is 137 Å². The summed E-state index contributed by atoms with van der Waals surface area (Å²) in [6.07, 6.45) is 3.23. The quantitative estimate of drug-likeness (QED) is 0.879. The van der Waals surface area contributed by atoms with Gasteiger partial charge in [-0.2, -0.15) is 0 Å². The number of carbonyl (C=O) groups excluding carboxylic acids is 2. The van der Waals surface area contributed by atoms with Crippen molar-refractivity contribution in [3.8, 4) is 0 Å². The molecular formula is C14H19N5O3S. The highest BCUT2D eigenvalue weighted by molar-refractivity contribution is 7.15. The van der Waals surface area contributed by atoms with Crippen molar-refractivity contribution in [2.24, 2.45) is 0 Å². The number of hydrogen-bond donors (Lipinski definition) is 1. The summed E-state index contributed by atoms with van der Waals surface area (Å²) in [5.74, 6) is -0.128. The monoisotopic (exact) mass is 337 g/mol. The number of thiazole rings is 1. The van der Waals surface area contributed by atoms with Crippen LogP contribution >= 0.6 is 11.3 Å². The second-order valence-electron chi connectivity index (χ2n) is 5.52. The molecule has 1 aliphatic heterocycles. The molecular weight excluding hydrogens is 318 g/mol. The first-order valence-corrected chi connectivity index (χ1v) is 8.19. The summed E-state index contributed by atoms with van der Waals surface area (Å²) in [6, 6.07) is -0.207. The molecule has 0 radical (unpaired) electrons. The van der Waals surface area contributed by atoms with Gasteiger partial charge in [-0.05, 0) is 0 Å². The van der Waals surface area contributed by atoms with Gasteiger partial charge in [-0.25, -0.2) is 9.78 Å². The number of aromatic nitrogens is 2. The Morgan fingerprint density at radius 3 is 3.09 bits per heavy atom. The second-order valence-corrected chi connectivity index (χ2v) is 6.39. The number of imidazole rings is 1. The smallest absolute Gasteiger partial charge is 0.317 e. The Balaban J connectivity index is 1.55. The number of likely N-dealkylation sites (N-methyl/N-ethyl adjacent to an activating group) is 1. The third kappa shape index (κ3) is 3.45. The van der Waals surface area contributed by atoms with Crippen LogP contribution in [0.2, 0.25) is 0 Å². The van der Waals surface area contributed by atoms with Gasteiger partial charge in [0.1, 0.15) is 0 Å². The summed E-state index contributed by atoms with van der Waals surface area (Å²) < 4.78 is 7.37. The molecule has 1 saturated heterocycles. The first kappa shape index (κ1) is 15.8. The third-order valence-corrected chi connectivity index (χ3v) is 4.40. The number of morpholine rings is 1. The maximum absolute atomic E-state index is 12.3. The van der Waals surface area contributed by atoms with E-state index >= 15 is 0 Å². The summed E-state index contributed by atoms with van der Waals surface area (Å²) in [7, 11) is 3.35. The minimum atomic E-state index is -0.595. The number of urea groups is 1. The lowest BCUT2D eigenvalue weighted by Gasteiger charge is -2.33. The number of carbonyl (C=O) groups is 2. The Kier molecular flexibility index (Phi) is 4.49. The van der Waals surface area contributed by atoms with E-state index in [1.54, 1.807) is 30.3 Å². The van der Waals surface area contributed by atoms with Crippen LogP contribution in [0.5, 0.6) is 0 Å². The molecule has 3 amide bonds. The van der Waals surface area contributed by atoms with E-state index in [1.807, 2.05) is 22.2 Å². The minimum Gasteiger partial charge on any atom is -0.365 e. The number of ether oxygens (including phenoxy) is 1. The molecule has 0 aliphatic carbocycles. The summed E-state index contributed by atoms with van der Waals surface area (Å²) in [5.41, 5.74) is 0.805. The molecule has 1 N–H and O–H groups in total. The topological polar surface area (TPSA) is 79.2 Å². The fraction of sp³-hybridized carbons (Fsp3) is 0.500. The number of nitrogens with zero attached hydrogens (tertiary/aromatic N) is 4. The molecule has 2 aromatic heterocycles. The van der Waals surface area contributed by atoms with Crippen molar-refractivity contribution < 1.29 is 14.3 Å². The summed E-state index contributed by atoms with van der Waals surface area (Å²) >= 11 is 1.55. The predicted octanol–water partition coefficient (Wildman–Crippen LogP) is 0.394. The lowest BCUT2D eigenvalue weighted by Crippen LogP contribution is -2.53. The second kappa shape index (κ2) is 6.55. The average Bonchev–Trinajstić information content (AvgIpc) is 3.13. The highest BCUT2D eigenvalue weighted by atomic mass is 32.1. The fourth-order valence-electron chi connectivity index (χ4n) is 2.41. The van der Waals surface area contributed by atoms with E-state index in [0.29, 0.717) is 19.7 Å². The van der Waals surface area contributed by atoms with Crippen molar-refractivity contribution in [3.63, 3.8) is 0 Å². The van der Waals surface area contributed by atoms with Gasteiger partial charge in [0.05, 0.1) is 25.4 Å². The van der Waals surface area contributed by atoms with Crippen LogP contribution in [-0.4, -0.2) is 71.0 Å². The Hall–Kier alpha value is -2.13. The fourth-order valence-corrected chi connectivity index (χ4v) is 3.13. The summed E-state index contributed by atoms with van der Waals surface area (Å²) in [4.78, 5) is 32.6. The largest absolute Gasteiger partial charge is 0.365 e. The molecule has 9 heteroatoms. The van der Waals surface area contributed by atoms with Gasteiger partial charge in [-0.3, -0.25) is 9.20 Å². The Bertz CT molecular complexity index is 682. The number of nitrogens with one attached hydrogen (secondary N) is 1. The zero-order chi connectivity index (χ0) is 16.4. The first-order chi connectivity index (χ1) is 11.0. The van der Waals surface area contributed by atoms with E-state index in [0.717, 1.165) is 10.7 Å². The van der Waals surface area contributed by atoms with E-state index in [2.05, 4.69) is 10.3 Å². The lowest BCUT2D eigenvalue weighted by molar-refractivity contribution is -0.145. The van der Waals surface area contributed by atoms with Gasteiger partial charge in [-0.1, -0.05) is 0 Å². The first-order valence-electron chi connectivity index (χ1n) is 7.31. The maximum atomic E-state index is 12.3. The molecule has 0 bridgehead atoms. The van der Waals surface area contributed by atoms with Crippen molar-refractivity contribution in [3.05, 3.63) is 23.5 Å². The van der Waals surface area contributed by atoms with Gasteiger partial charge >= 0.3 is 6.03 Å². The molecule has 1 fully saturated rings. The molecule has 8 nitrogen and oxygen atoms in total. The van der Waals surface area contributed by atoms with Crippen molar-refractivity contribution in [2.45, 2.75) is 12.6 Å². The number of hydrogen-bond acceptors (Lipinski definition) is 5. The van der Waals surface area contributed by atoms with Crippen LogP contribution in [0.25, 0.3) is 4.96 Å². The molecule has 1 atom stereocenters. The number of amides is 3. The zero-order valence-corrected chi connectivity index (χ0v) is 13.9. The molecule has 0 aromatic carbocycles. The van der Waals surface area contributed by atoms with Gasteiger partial charge in [0.25, 0.3) is 5.91 Å². The van der Waals surface area contributed by atoms with Crippen LogP contribution in [0, 0.1) is 0 Å². The predicted molar refractivity (Wildman–Crippen MR) is 85.3 cm³/mol. The van der Waals surface area contributed by atoms with Gasteiger partial charge in [0, 0.05) is 38.4 Å². The standard InChI is InChI=1S/C14H19N5O3S/c1-17(2)12(20)11-9-18(3-5-22-11)13(21)15-7-10-8-19-4-6-23-14(19)16-10/h4,6,8,11H,3,5,7,9H2,1-2H3,(H,15,21)/t11-/m0/s1. The van der Waals surface area contributed by atoms with E-state index in [4.69, 9.17) is 4.74 Å². The van der Waals surface area contributed by atoms with Crippen molar-refractivity contribution in [1.82, 2.24) is 24.5 Å². The van der Waals surface area contributed by atoms with Crippen LogP contribution < -0.4 is 5.32 Å². The summed E-state index contributed by atoms with van der Waals surface area (Å²) in [5, 5.41) is 4.80. The molecule has 0 unspecified atom stereocenters. The molecule has 124 valence electrons. The normalized spacial score (nSPS) is 18.2. The van der Waals surface area contributed by atoms with E-state index in [-0.39, 0.29) is 18.5 Å². The van der Waals surface area contributed by atoms with Gasteiger partial charge in [0.2, 0.25) is 0 Å². The molecule has 0 spiro atoms. The van der Waals surface area contributed by atoms with Crippen LogP contribution in [-0.2, 0) is 16.1 Å². The van der Waals surface area contributed by atoms with Gasteiger partial charge < -0.3 is 19.9 Å². The average molecular weight is 337 g/mol. The van der Waals surface area contributed by atoms with E-state index in [9.17, 15) is 9.59 Å². The highest BCUT2D eigenvalue weighted by Crippen LogP contribution is 2.12. The molecule has 2 aromatic rings. The SMILES string of the molecule is CN(C)C(=O)[C@@H]1CN(C(=O)NCc2cn3ccsc3n2)CCO1. The molecule has 1 aliphatic rings. The molecule has 23 heavy (non-hydrogen) atoms. The maximum Gasteiger partial charge on any atom is 0.317 e. The van der Waals surface area contributed by atoms with Gasteiger partial charge in [-0.15, -0.1) is 11.3 Å². The van der Waals surface area contributed by atoms with Crippen LogP contribution in [0.15, 0.2) is 17.8 Å². The molecule has 3 heterocycles. The van der Waals surface area contributed by atoms with Crippen LogP contribution in [0.3, 0.4) is 0 Å². The number of rotatable bonds is 3. The van der Waals surface area contributed by atoms with Gasteiger partial charge in [0.15, 0.2) is 11.1 Å². The third-order valence-electron chi connectivity index (χ3n) is 3.63. The molecule has 3 rings (SSSR count). The van der Waals surface area contributed by atoms with Crippen LogP contribution in [0.1, 0.15) is 5.69 Å². The van der Waals surface area contributed by atoms with E-state index < -0.39 is 6.10 Å². The Morgan fingerprint density at radius 1 is 1.52 bits per heavy atom. The lowest BCUT2D eigenvalue weighted by atomic mass is 10.2. The van der Waals surface area contributed by atoms with Crippen molar-refractivity contribution >= 4 is 28.2 Å². The van der Waals surface area contributed by atoms with Crippen LogP contribution in [0.4, 0.5) is 4.79 Å². The Morgan fingerprint density at radius 2 is 2.35 bits per heavy atom. The zero-order valence-electron chi connectivity index (χ0n) is 13.1.